The highest BCUT2D eigenvalue weighted by atomic mass is 16.5. The van der Waals surface area contributed by atoms with Crippen molar-refractivity contribution >= 4 is 24.1 Å². The number of aryl methyl sites for hydroxylation is 1. The highest BCUT2D eigenvalue weighted by molar-refractivity contribution is 5.90. The fourth-order valence-electron chi connectivity index (χ4n) is 6.91. The molecule has 0 saturated carbocycles. The number of imide groups is 1. The first-order chi connectivity index (χ1) is 27.5. The number of benzene rings is 2. The largest absolute Gasteiger partial charge is 0.491 e. The minimum absolute atomic E-state index is 0.0148. The molecule has 14 heteroatoms. The summed E-state index contributed by atoms with van der Waals surface area (Å²) < 4.78 is 10.8. The number of urea groups is 2. The van der Waals surface area contributed by atoms with E-state index in [0.29, 0.717) is 31.8 Å². The highest BCUT2D eigenvalue weighted by Crippen LogP contribution is 2.24. The van der Waals surface area contributed by atoms with E-state index < -0.39 is 35.7 Å². The van der Waals surface area contributed by atoms with Crippen LogP contribution in [0.3, 0.4) is 0 Å². The molecule has 316 valence electrons. The molecule has 0 bridgehead atoms. The van der Waals surface area contributed by atoms with Crippen LogP contribution in [0.1, 0.15) is 77.4 Å². The van der Waals surface area contributed by atoms with Gasteiger partial charge in [0.15, 0.2) is 0 Å². The molecule has 14 nitrogen and oxygen atoms in total. The van der Waals surface area contributed by atoms with Crippen molar-refractivity contribution in [1.82, 2.24) is 35.4 Å². The molecule has 3 N–H and O–H groups in total. The Hall–Kier alpha value is -5.21. The number of hydrogen-bond donors (Lipinski definition) is 3. The number of carbonyl (C=O) groups excluding carboxylic acids is 4. The minimum Gasteiger partial charge on any atom is -0.491 e. The zero-order valence-electron chi connectivity index (χ0n) is 35.6. The monoisotopic (exact) mass is 801 g/mol. The van der Waals surface area contributed by atoms with Gasteiger partial charge in [-0.1, -0.05) is 89.6 Å². The summed E-state index contributed by atoms with van der Waals surface area (Å²) in [5.41, 5.74) is 5.70. The van der Waals surface area contributed by atoms with Crippen LogP contribution in [0.4, 0.5) is 14.4 Å². The number of aliphatic hydroxyl groups is 1. The zero-order chi connectivity index (χ0) is 42.6. The quantitative estimate of drug-likeness (QED) is 0.128. The van der Waals surface area contributed by atoms with E-state index in [4.69, 9.17) is 9.47 Å². The maximum Gasteiger partial charge on any atom is 0.417 e. The third-order valence-electron chi connectivity index (χ3n) is 9.91. The SMILES string of the molecule is CCC(C)C(C(=O)NC(Cc1ccccc1)C(O)CN(Cc1ccc(OC(C)C)cc1)NC(=O)N(CC(C)(C)C)C(=O)OC)N1CCN(Cc2cccc(C)n2)C1=O. The summed E-state index contributed by atoms with van der Waals surface area (Å²) in [6.07, 6.45) is -1.16. The maximum atomic E-state index is 14.5. The predicted molar refractivity (Wildman–Crippen MR) is 223 cm³/mol. The topological polar surface area (TPSA) is 157 Å². The van der Waals surface area contributed by atoms with Gasteiger partial charge in [-0.3, -0.25) is 15.2 Å². The van der Waals surface area contributed by atoms with Crippen LogP contribution in [0.15, 0.2) is 72.8 Å². The molecule has 2 heterocycles. The van der Waals surface area contributed by atoms with Crippen LogP contribution in [0, 0.1) is 18.3 Å². The van der Waals surface area contributed by atoms with Crippen LogP contribution < -0.4 is 15.5 Å². The number of rotatable bonds is 18. The van der Waals surface area contributed by atoms with Gasteiger partial charge in [-0.2, -0.15) is 0 Å². The number of ether oxygens (including phenoxy) is 2. The summed E-state index contributed by atoms with van der Waals surface area (Å²) in [4.78, 5) is 63.9. The lowest BCUT2D eigenvalue weighted by Crippen LogP contribution is -2.59. The van der Waals surface area contributed by atoms with E-state index in [1.807, 2.05) is 128 Å². The summed E-state index contributed by atoms with van der Waals surface area (Å²) in [6, 6.07) is 20.0. The van der Waals surface area contributed by atoms with Crippen LogP contribution in [-0.4, -0.2) is 111 Å². The van der Waals surface area contributed by atoms with E-state index in [-0.39, 0.29) is 50.0 Å². The molecule has 58 heavy (non-hydrogen) atoms. The molecule has 4 rings (SSSR count). The van der Waals surface area contributed by atoms with Crippen LogP contribution in [0.25, 0.3) is 0 Å². The number of pyridine rings is 1. The fraction of sp³-hybridized carbons (Fsp3) is 0.523. The third kappa shape index (κ3) is 13.4. The molecule has 0 radical (unpaired) electrons. The number of hydrazine groups is 1. The fourth-order valence-corrected chi connectivity index (χ4v) is 6.91. The molecule has 4 atom stereocenters. The average Bonchev–Trinajstić information content (AvgIpc) is 3.51. The Bertz CT molecular complexity index is 1800. The van der Waals surface area contributed by atoms with E-state index in [1.54, 1.807) is 9.80 Å². The third-order valence-corrected chi connectivity index (χ3v) is 9.91. The van der Waals surface area contributed by atoms with Crippen molar-refractivity contribution in [3.63, 3.8) is 0 Å². The van der Waals surface area contributed by atoms with Gasteiger partial charge in [0.05, 0.1) is 37.6 Å². The standard InChI is InChI=1S/C44H63N7O7/c1-10-31(4)39(50-24-23-48(42(50)55)27-35-18-14-15-32(5)45-35)40(53)46-37(25-33-16-12-11-13-17-33)38(52)28-49(26-34-19-21-36(22-20-34)58-30(2)3)47-41(54)51(43(56)57-9)29-44(6,7)8/h11-22,30-31,37-39,52H,10,23-29H2,1-9H3,(H,46,53)(H,47,54). The molecule has 0 spiro atoms. The molecule has 1 fully saturated rings. The van der Waals surface area contributed by atoms with Crippen molar-refractivity contribution in [3.05, 3.63) is 95.3 Å². The lowest BCUT2D eigenvalue weighted by molar-refractivity contribution is -0.128. The summed E-state index contributed by atoms with van der Waals surface area (Å²) >= 11 is 0. The molecule has 3 aromatic rings. The van der Waals surface area contributed by atoms with Crippen molar-refractivity contribution in [3.8, 4) is 5.75 Å². The summed E-state index contributed by atoms with van der Waals surface area (Å²) in [6.45, 7) is 16.6. The summed E-state index contributed by atoms with van der Waals surface area (Å²) in [5, 5.41) is 16.8. The second-order valence-electron chi connectivity index (χ2n) is 16.6. The second kappa shape index (κ2) is 21.0. The Labute approximate surface area is 343 Å². The Morgan fingerprint density at radius 3 is 2.24 bits per heavy atom. The van der Waals surface area contributed by atoms with E-state index in [2.05, 4.69) is 15.7 Å². The van der Waals surface area contributed by atoms with Gasteiger partial charge in [-0.15, -0.1) is 0 Å². The van der Waals surface area contributed by atoms with Crippen LogP contribution in [0.5, 0.6) is 5.75 Å². The molecule has 1 aromatic heterocycles. The van der Waals surface area contributed by atoms with Gasteiger partial charge in [0.2, 0.25) is 5.91 Å². The summed E-state index contributed by atoms with van der Waals surface area (Å²) in [5.74, 6) is 0.113. The predicted octanol–water partition coefficient (Wildman–Crippen LogP) is 6.16. The van der Waals surface area contributed by atoms with E-state index in [1.165, 1.54) is 12.1 Å². The number of methoxy groups -OCH3 is 1. The van der Waals surface area contributed by atoms with Crippen LogP contribution in [-0.2, 0) is 29.0 Å². The highest BCUT2D eigenvalue weighted by Gasteiger charge is 2.41. The molecule has 1 saturated heterocycles. The molecule has 0 aliphatic carbocycles. The first kappa shape index (κ1) is 45.5. The van der Waals surface area contributed by atoms with Crippen LogP contribution >= 0.6 is 0 Å². The Kier molecular flexibility index (Phi) is 16.5. The lowest BCUT2D eigenvalue weighted by atomic mass is 9.95. The number of amides is 6. The van der Waals surface area contributed by atoms with Crippen molar-refractivity contribution in [2.45, 2.75) is 106 Å². The van der Waals surface area contributed by atoms with Gasteiger partial charge >= 0.3 is 18.2 Å². The molecular formula is C44H63N7O7. The van der Waals surface area contributed by atoms with Gasteiger partial charge in [0, 0.05) is 38.4 Å². The van der Waals surface area contributed by atoms with Crippen molar-refractivity contribution in [2.24, 2.45) is 11.3 Å². The Balaban J connectivity index is 1.62. The van der Waals surface area contributed by atoms with E-state index in [9.17, 15) is 24.3 Å². The molecule has 1 aliphatic heterocycles. The van der Waals surface area contributed by atoms with Crippen molar-refractivity contribution < 1.29 is 33.8 Å². The Morgan fingerprint density at radius 1 is 0.948 bits per heavy atom. The number of aliphatic hydroxyl groups excluding tert-OH is 1. The molecule has 6 amide bonds. The number of carbonyl (C=O) groups is 4. The first-order valence-corrected chi connectivity index (χ1v) is 20.1. The van der Waals surface area contributed by atoms with E-state index >= 15 is 0 Å². The minimum atomic E-state index is -1.22. The Morgan fingerprint density at radius 2 is 1.64 bits per heavy atom. The second-order valence-corrected chi connectivity index (χ2v) is 16.6. The lowest BCUT2D eigenvalue weighted by Gasteiger charge is -2.35. The number of nitrogens with one attached hydrogen (secondary N) is 2. The molecule has 4 unspecified atom stereocenters. The molecular weight excluding hydrogens is 739 g/mol. The first-order valence-electron chi connectivity index (χ1n) is 20.1. The van der Waals surface area contributed by atoms with E-state index in [0.717, 1.165) is 27.4 Å². The maximum absolute atomic E-state index is 14.5. The zero-order valence-corrected chi connectivity index (χ0v) is 35.6. The van der Waals surface area contributed by atoms with Gasteiger partial charge in [-0.05, 0) is 73.9 Å². The van der Waals surface area contributed by atoms with Crippen LogP contribution in [0.2, 0.25) is 0 Å². The molecule has 1 aliphatic rings. The van der Waals surface area contributed by atoms with Gasteiger partial charge in [0.25, 0.3) is 0 Å². The summed E-state index contributed by atoms with van der Waals surface area (Å²) in [7, 11) is 1.21. The number of nitrogens with zero attached hydrogens (tertiary/aromatic N) is 5. The average molecular weight is 802 g/mol. The van der Waals surface area contributed by atoms with Gasteiger partial charge < -0.3 is 29.7 Å². The molecule has 2 aromatic carbocycles. The van der Waals surface area contributed by atoms with Crippen molar-refractivity contribution in [2.75, 3.05) is 33.3 Å². The van der Waals surface area contributed by atoms with Gasteiger partial charge in [-0.25, -0.2) is 24.3 Å². The smallest absolute Gasteiger partial charge is 0.417 e. The number of aromatic nitrogens is 1. The normalized spacial score (nSPS) is 15.2. The van der Waals surface area contributed by atoms with Gasteiger partial charge in [0.1, 0.15) is 11.8 Å². The number of hydrogen-bond acceptors (Lipinski definition) is 9. The van der Waals surface area contributed by atoms with Crippen molar-refractivity contribution in [1.29, 1.82) is 0 Å².